The molecule has 2 aliphatic rings. The molecule has 2 saturated heterocycles. The highest BCUT2D eigenvalue weighted by Gasteiger charge is 2.32. The SMILES string of the molecule is C[C@@H]1CN(C[C@H]2CCCN2C(=O)c2cccc(F)c2)C[C@H](C)O1. The third kappa shape index (κ3) is 3.90. The van der Waals surface area contributed by atoms with E-state index in [4.69, 9.17) is 4.74 Å². The molecule has 3 rings (SSSR count). The lowest BCUT2D eigenvalue weighted by atomic mass is 10.1. The Kier molecular flexibility index (Phi) is 4.97. The van der Waals surface area contributed by atoms with E-state index in [0.29, 0.717) is 5.56 Å². The molecule has 0 bridgehead atoms. The molecule has 0 radical (unpaired) electrons. The van der Waals surface area contributed by atoms with E-state index in [-0.39, 0.29) is 30.0 Å². The number of morpholine rings is 1. The van der Waals surface area contributed by atoms with Crippen LogP contribution in [0, 0.1) is 5.82 Å². The summed E-state index contributed by atoms with van der Waals surface area (Å²) in [4.78, 5) is 17.0. The molecule has 2 fully saturated rings. The van der Waals surface area contributed by atoms with Gasteiger partial charge < -0.3 is 9.64 Å². The van der Waals surface area contributed by atoms with Crippen LogP contribution in [-0.4, -0.2) is 60.1 Å². The lowest BCUT2D eigenvalue weighted by molar-refractivity contribution is -0.0715. The fourth-order valence-corrected chi connectivity index (χ4v) is 3.81. The standard InChI is InChI=1S/C18H25FN2O2/c1-13-10-20(11-14(2)23-13)12-17-7-4-8-21(17)18(22)15-5-3-6-16(19)9-15/h3,5-6,9,13-14,17H,4,7-8,10-12H2,1-2H3/t13-,14+,17-/m1/s1. The number of hydrogen-bond acceptors (Lipinski definition) is 3. The lowest BCUT2D eigenvalue weighted by Crippen LogP contribution is -2.50. The summed E-state index contributed by atoms with van der Waals surface area (Å²) in [5.41, 5.74) is 0.445. The van der Waals surface area contributed by atoms with E-state index in [0.717, 1.165) is 39.0 Å². The van der Waals surface area contributed by atoms with Gasteiger partial charge in [-0.25, -0.2) is 4.39 Å². The highest BCUT2D eigenvalue weighted by molar-refractivity contribution is 5.94. The van der Waals surface area contributed by atoms with Gasteiger partial charge in [0, 0.05) is 37.8 Å². The summed E-state index contributed by atoms with van der Waals surface area (Å²) in [6.07, 6.45) is 2.49. The minimum atomic E-state index is -0.359. The summed E-state index contributed by atoms with van der Waals surface area (Å²) in [7, 11) is 0. The van der Waals surface area contributed by atoms with Crippen LogP contribution in [0.2, 0.25) is 0 Å². The van der Waals surface area contributed by atoms with Gasteiger partial charge in [0.2, 0.25) is 0 Å². The van der Waals surface area contributed by atoms with Crippen LogP contribution in [0.4, 0.5) is 4.39 Å². The Bertz CT molecular complexity index is 556. The van der Waals surface area contributed by atoms with Gasteiger partial charge in [-0.2, -0.15) is 0 Å². The number of carbonyl (C=O) groups excluding carboxylic acids is 1. The number of halogens is 1. The summed E-state index contributed by atoms with van der Waals surface area (Å²) in [6, 6.07) is 6.20. The number of carbonyl (C=O) groups is 1. The van der Waals surface area contributed by atoms with Crippen molar-refractivity contribution in [1.29, 1.82) is 0 Å². The first-order valence-electron chi connectivity index (χ1n) is 8.47. The molecule has 126 valence electrons. The minimum absolute atomic E-state index is 0.0543. The Morgan fingerprint density at radius 3 is 2.74 bits per heavy atom. The second-order valence-electron chi connectivity index (χ2n) is 6.78. The van der Waals surface area contributed by atoms with Gasteiger partial charge in [0.1, 0.15) is 5.82 Å². The van der Waals surface area contributed by atoms with E-state index in [2.05, 4.69) is 18.7 Å². The van der Waals surface area contributed by atoms with E-state index in [9.17, 15) is 9.18 Å². The van der Waals surface area contributed by atoms with Crippen LogP contribution in [0.5, 0.6) is 0 Å². The van der Waals surface area contributed by atoms with Gasteiger partial charge in [0.05, 0.1) is 12.2 Å². The van der Waals surface area contributed by atoms with Crippen LogP contribution in [0.1, 0.15) is 37.0 Å². The Morgan fingerprint density at radius 1 is 1.30 bits per heavy atom. The van der Waals surface area contributed by atoms with Gasteiger partial charge >= 0.3 is 0 Å². The number of benzene rings is 1. The number of ether oxygens (including phenoxy) is 1. The normalized spacial score (nSPS) is 29.0. The van der Waals surface area contributed by atoms with Crippen molar-refractivity contribution in [1.82, 2.24) is 9.80 Å². The molecule has 23 heavy (non-hydrogen) atoms. The molecular weight excluding hydrogens is 295 g/mol. The van der Waals surface area contributed by atoms with Crippen molar-refractivity contribution >= 4 is 5.91 Å². The number of amides is 1. The Morgan fingerprint density at radius 2 is 2.04 bits per heavy atom. The predicted molar refractivity (Wildman–Crippen MR) is 86.9 cm³/mol. The maximum Gasteiger partial charge on any atom is 0.254 e. The Hall–Kier alpha value is -1.46. The summed E-state index contributed by atoms with van der Waals surface area (Å²) < 4.78 is 19.2. The van der Waals surface area contributed by atoms with Crippen LogP contribution in [0.25, 0.3) is 0 Å². The van der Waals surface area contributed by atoms with Crippen molar-refractivity contribution in [3.05, 3.63) is 35.6 Å². The first-order valence-corrected chi connectivity index (χ1v) is 8.47. The quantitative estimate of drug-likeness (QED) is 0.858. The summed E-state index contributed by atoms with van der Waals surface area (Å²) in [5, 5.41) is 0. The molecule has 1 aromatic rings. The molecule has 0 aromatic heterocycles. The third-order valence-corrected chi connectivity index (χ3v) is 4.67. The third-order valence-electron chi connectivity index (χ3n) is 4.67. The fraction of sp³-hybridized carbons (Fsp3) is 0.611. The van der Waals surface area contributed by atoms with Crippen molar-refractivity contribution in [2.45, 2.75) is 44.9 Å². The summed E-state index contributed by atoms with van der Waals surface area (Å²) in [6.45, 7) is 7.63. The average Bonchev–Trinajstić information content (AvgIpc) is 2.93. The smallest absolute Gasteiger partial charge is 0.254 e. The molecule has 0 aliphatic carbocycles. The fourth-order valence-electron chi connectivity index (χ4n) is 3.81. The number of likely N-dealkylation sites (tertiary alicyclic amines) is 1. The molecule has 0 unspecified atom stereocenters. The molecule has 0 N–H and O–H groups in total. The van der Waals surface area contributed by atoms with Crippen LogP contribution in [-0.2, 0) is 4.74 Å². The van der Waals surface area contributed by atoms with Gasteiger partial charge in [-0.15, -0.1) is 0 Å². The second kappa shape index (κ2) is 6.97. The highest BCUT2D eigenvalue weighted by Crippen LogP contribution is 2.23. The zero-order chi connectivity index (χ0) is 16.4. The molecule has 2 aliphatic heterocycles. The molecule has 1 aromatic carbocycles. The van der Waals surface area contributed by atoms with Gasteiger partial charge in [0.25, 0.3) is 5.91 Å². The molecule has 0 spiro atoms. The Labute approximate surface area is 137 Å². The van der Waals surface area contributed by atoms with E-state index < -0.39 is 0 Å². The van der Waals surface area contributed by atoms with Crippen LogP contribution in [0.3, 0.4) is 0 Å². The van der Waals surface area contributed by atoms with Crippen molar-refractivity contribution in [3.8, 4) is 0 Å². The predicted octanol–water partition coefficient (Wildman–Crippen LogP) is 2.54. The van der Waals surface area contributed by atoms with Gasteiger partial charge in [-0.1, -0.05) is 6.07 Å². The van der Waals surface area contributed by atoms with Gasteiger partial charge in [-0.05, 0) is 44.9 Å². The monoisotopic (exact) mass is 320 g/mol. The highest BCUT2D eigenvalue weighted by atomic mass is 19.1. The van der Waals surface area contributed by atoms with Crippen LogP contribution < -0.4 is 0 Å². The van der Waals surface area contributed by atoms with E-state index in [1.807, 2.05) is 4.90 Å². The molecular formula is C18H25FN2O2. The Balaban J connectivity index is 1.66. The molecule has 2 heterocycles. The maximum atomic E-state index is 13.4. The maximum absolute atomic E-state index is 13.4. The first kappa shape index (κ1) is 16.4. The first-order chi connectivity index (χ1) is 11.0. The largest absolute Gasteiger partial charge is 0.373 e. The van der Waals surface area contributed by atoms with E-state index in [1.54, 1.807) is 12.1 Å². The number of hydrogen-bond donors (Lipinski definition) is 0. The second-order valence-corrected chi connectivity index (χ2v) is 6.78. The summed E-state index contributed by atoms with van der Waals surface area (Å²) >= 11 is 0. The van der Waals surface area contributed by atoms with Crippen LogP contribution in [0.15, 0.2) is 24.3 Å². The molecule has 1 amide bonds. The average molecular weight is 320 g/mol. The number of nitrogens with zero attached hydrogens (tertiary/aromatic N) is 2. The molecule has 3 atom stereocenters. The lowest BCUT2D eigenvalue weighted by Gasteiger charge is -2.38. The van der Waals surface area contributed by atoms with Crippen LogP contribution >= 0.6 is 0 Å². The topological polar surface area (TPSA) is 32.8 Å². The zero-order valence-corrected chi connectivity index (χ0v) is 13.9. The minimum Gasteiger partial charge on any atom is -0.373 e. The van der Waals surface area contributed by atoms with Crippen molar-refractivity contribution in [2.75, 3.05) is 26.2 Å². The van der Waals surface area contributed by atoms with Gasteiger partial charge in [-0.3, -0.25) is 9.69 Å². The van der Waals surface area contributed by atoms with E-state index >= 15 is 0 Å². The zero-order valence-electron chi connectivity index (χ0n) is 13.9. The van der Waals surface area contributed by atoms with Crippen molar-refractivity contribution < 1.29 is 13.9 Å². The van der Waals surface area contributed by atoms with Crippen molar-refractivity contribution in [3.63, 3.8) is 0 Å². The molecule has 0 saturated carbocycles. The van der Waals surface area contributed by atoms with E-state index in [1.165, 1.54) is 12.1 Å². The number of rotatable bonds is 3. The molecule has 5 heteroatoms. The van der Waals surface area contributed by atoms with Crippen molar-refractivity contribution in [2.24, 2.45) is 0 Å². The molecule has 4 nitrogen and oxygen atoms in total. The van der Waals surface area contributed by atoms with Gasteiger partial charge in [0.15, 0.2) is 0 Å². The summed E-state index contributed by atoms with van der Waals surface area (Å²) in [5.74, 6) is -0.413.